The molecule has 1 heterocycles. The maximum absolute atomic E-state index is 11.5. The molecule has 5 nitrogen and oxygen atoms in total. The molecule has 92 valence electrons. The van der Waals surface area contributed by atoms with Gasteiger partial charge in [0, 0.05) is 11.8 Å². The lowest BCUT2D eigenvalue weighted by Gasteiger charge is -2.16. The molecule has 2 atom stereocenters. The molecule has 3 N–H and O–H groups in total. The fraction of sp³-hybridized carbons (Fsp3) is 0.800. The van der Waals surface area contributed by atoms with E-state index >= 15 is 0 Å². The van der Waals surface area contributed by atoms with E-state index in [0.717, 1.165) is 24.3 Å². The van der Waals surface area contributed by atoms with Crippen molar-refractivity contribution in [3.05, 3.63) is 0 Å². The minimum atomic E-state index is -0.974. The fourth-order valence-electron chi connectivity index (χ4n) is 1.58. The zero-order valence-electron chi connectivity index (χ0n) is 9.36. The Bertz CT molecular complexity index is 254. The summed E-state index contributed by atoms with van der Waals surface area (Å²) < 4.78 is 0. The molecule has 0 aromatic rings. The van der Waals surface area contributed by atoms with Gasteiger partial charge in [-0.05, 0) is 18.6 Å². The average Bonchev–Trinajstić information content (AvgIpc) is 2.69. The molecule has 0 aliphatic carbocycles. The van der Waals surface area contributed by atoms with Gasteiger partial charge in [-0.2, -0.15) is 11.8 Å². The first kappa shape index (κ1) is 13.2. The number of amides is 2. The Kier molecular flexibility index (Phi) is 5.45. The van der Waals surface area contributed by atoms with Crippen molar-refractivity contribution in [2.24, 2.45) is 0 Å². The highest BCUT2D eigenvalue weighted by atomic mass is 32.2. The van der Waals surface area contributed by atoms with Crippen LogP contribution in [0, 0.1) is 0 Å². The summed E-state index contributed by atoms with van der Waals surface area (Å²) in [5.41, 5.74) is 0. The monoisotopic (exact) mass is 246 g/mol. The number of carboxylic acid groups (broad SMARTS) is 1. The molecule has 0 aromatic carbocycles. The van der Waals surface area contributed by atoms with Crippen molar-refractivity contribution in [2.45, 2.75) is 38.3 Å². The number of carbonyl (C=O) groups is 2. The van der Waals surface area contributed by atoms with Crippen LogP contribution in [0.2, 0.25) is 0 Å². The third-order valence-corrected chi connectivity index (χ3v) is 3.61. The highest BCUT2D eigenvalue weighted by Crippen LogP contribution is 2.16. The Labute approximate surface area is 99.4 Å². The van der Waals surface area contributed by atoms with E-state index in [9.17, 15) is 9.59 Å². The zero-order valence-corrected chi connectivity index (χ0v) is 10.2. The lowest BCUT2D eigenvalue weighted by Crippen LogP contribution is -2.49. The maximum Gasteiger partial charge on any atom is 0.326 e. The van der Waals surface area contributed by atoms with E-state index < -0.39 is 12.0 Å². The zero-order chi connectivity index (χ0) is 12.0. The van der Waals surface area contributed by atoms with Crippen LogP contribution in [0.4, 0.5) is 4.79 Å². The molecule has 16 heavy (non-hydrogen) atoms. The van der Waals surface area contributed by atoms with Gasteiger partial charge in [-0.25, -0.2) is 9.59 Å². The van der Waals surface area contributed by atoms with Crippen molar-refractivity contribution < 1.29 is 14.7 Å². The summed E-state index contributed by atoms with van der Waals surface area (Å²) in [6.07, 6.45) is 2.16. The van der Waals surface area contributed by atoms with Gasteiger partial charge in [0.1, 0.15) is 6.04 Å². The average molecular weight is 246 g/mol. The van der Waals surface area contributed by atoms with Crippen LogP contribution in [0.5, 0.6) is 0 Å². The van der Waals surface area contributed by atoms with Crippen molar-refractivity contribution >= 4 is 23.8 Å². The highest BCUT2D eigenvalue weighted by Gasteiger charge is 2.22. The number of aliphatic carboxylic acids is 1. The highest BCUT2D eigenvalue weighted by molar-refractivity contribution is 7.99. The number of thioether (sulfide) groups is 1. The molecule has 0 radical (unpaired) electrons. The standard InChI is InChI=1S/C10H18N2O3S/c1-2-3-8(9(13)14)12-10(15)11-7-4-5-16-6-7/h7-8H,2-6H2,1H3,(H,13,14)(H2,11,12,15). The first-order valence-corrected chi connectivity index (χ1v) is 6.66. The van der Waals surface area contributed by atoms with Crippen LogP contribution in [0.3, 0.4) is 0 Å². The Balaban J connectivity index is 2.32. The number of urea groups is 1. The molecule has 1 fully saturated rings. The van der Waals surface area contributed by atoms with Crippen LogP contribution in [0.15, 0.2) is 0 Å². The molecule has 1 saturated heterocycles. The van der Waals surface area contributed by atoms with Gasteiger partial charge in [-0.1, -0.05) is 13.3 Å². The second kappa shape index (κ2) is 6.62. The Morgan fingerprint density at radius 3 is 2.81 bits per heavy atom. The van der Waals surface area contributed by atoms with Crippen LogP contribution in [-0.4, -0.2) is 40.7 Å². The summed E-state index contributed by atoms with van der Waals surface area (Å²) in [7, 11) is 0. The summed E-state index contributed by atoms with van der Waals surface area (Å²) in [4.78, 5) is 22.3. The van der Waals surface area contributed by atoms with Gasteiger partial charge < -0.3 is 15.7 Å². The minimum Gasteiger partial charge on any atom is -0.480 e. The molecule has 2 amide bonds. The normalized spacial score (nSPS) is 21.4. The number of nitrogens with one attached hydrogen (secondary N) is 2. The molecular formula is C10H18N2O3S. The van der Waals surface area contributed by atoms with E-state index in [1.807, 2.05) is 6.92 Å². The molecule has 6 heteroatoms. The summed E-state index contributed by atoms with van der Waals surface area (Å²) in [6.45, 7) is 1.89. The van der Waals surface area contributed by atoms with Gasteiger partial charge in [0.25, 0.3) is 0 Å². The van der Waals surface area contributed by atoms with E-state index in [1.54, 1.807) is 11.8 Å². The third-order valence-electron chi connectivity index (χ3n) is 2.45. The molecule has 1 rings (SSSR count). The van der Waals surface area contributed by atoms with Gasteiger partial charge in [0.2, 0.25) is 0 Å². The first-order valence-electron chi connectivity index (χ1n) is 5.51. The molecule has 0 bridgehead atoms. The topological polar surface area (TPSA) is 78.4 Å². The second-order valence-electron chi connectivity index (χ2n) is 3.86. The number of hydrogen-bond donors (Lipinski definition) is 3. The summed E-state index contributed by atoms with van der Waals surface area (Å²) >= 11 is 1.80. The quantitative estimate of drug-likeness (QED) is 0.677. The van der Waals surface area contributed by atoms with Crippen LogP contribution in [0.25, 0.3) is 0 Å². The molecule has 1 aliphatic heterocycles. The molecule has 1 aliphatic rings. The summed E-state index contributed by atoms with van der Waals surface area (Å²) in [6, 6.07) is -0.964. The Morgan fingerprint density at radius 2 is 2.31 bits per heavy atom. The maximum atomic E-state index is 11.5. The van der Waals surface area contributed by atoms with Crippen LogP contribution < -0.4 is 10.6 Å². The van der Waals surface area contributed by atoms with Crippen molar-refractivity contribution in [3.63, 3.8) is 0 Å². The fourth-order valence-corrected chi connectivity index (χ4v) is 2.73. The summed E-state index contributed by atoms with van der Waals surface area (Å²) in [5, 5.41) is 14.1. The van der Waals surface area contributed by atoms with Gasteiger partial charge in [-0.3, -0.25) is 0 Å². The molecule has 0 aromatic heterocycles. The summed E-state index contributed by atoms with van der Waals surface area (Å²) in [5.74, 6) is 0.999. The van der Waals surface area contributed by atoms with Crippen molar-refractivity contribution in [2.75, 3.05) is 11.5 Å². The van der Waals surface area contributed by atoms with Crippen LogP contribution in [0.1, 0.15) is 26.2 Å². The van der Waals surface area contributed by atoms with Crippen LogP contribution >= 0.6 is 11.8 Å². The number of hydrogen-bond acceptors (Lipinski definition) is 3. The van der Waals surface area contributed by atoms with Crippen LogP contribution in [-0.2, 0) is 4.79 Å². The largest absolute Gasteiger partial charge is 0.480 e. The molecule has 0 spiro atoms. The van der Waals surface area contributed by atoms with Crippen molar-refractivity contribution in [1.29, 1.82) is 0 Å². The van der Waals surface area contributed by atoms with E-state index in [2.05, 4.69) is 10.6 Å². The lowest BCUT2D eigenvalue weighted by atomic mass is 10.2. The number of carbonyl (C=O) groups excluding carboxylic acids is 1. The van der Waals surface area contributed by atoms with Gasteiger partial charge in [0.15, 0.2) is 0 Å². The predicted octanol–water partition coefficient (Wildman–Crippen LogP) is 1.04. The third kappa shape index (κ3) is 4.30. The first-order chi connectivity index (χ1) is 7.63. The SMILES string of the molecule is CCCC(NC(=O)NC1CCSC1)C(=O)O. The van der Waals surface area contributed by atoms with E-state index in [4.69, 9.17) is 5.11 Å². The Morgan fingerprint density at radius 1 is 1.56 bits per heavy atom. The van der Waals surface area contributed by atoms with E-state index in [0.29, 0.717) is 6.42 Å². The molecular weight excluding hydrogens is 228 g/mol. The van der Waals surface area contributed by atoms with E-state index in [1.165, 1.54) is 0 Å². The van der Waals surface area contributed by atoms with Crippen molar-refractivity contribution in [1.82, 2.24) is 10.6 Å². The number of carboxylic acids is 1. The predicted molar refractivity (Wildman–Crippen MR) is 63.7 cm³/mol. The smallest absolute Gasteiger partial charge is 0.326 e. The second-order valence-corrected chi connectivity index (χ2v) is 5.01. The molecule has 0 saturated carbocycles. The minimum absolute atomic E-state index is 0.182. The number of rotatable bonds is 5. The van der Waals surface area contributed by atoms with E-state index in [-0.39, 0.29) is 12.1 Å². The van der Waals surface area contributed by atoms with Gasteiger partial charge in [-0.15, -0.1) is 0 Å². The molecule has 2 unspecified atom stereocenters. The van der Waals surface area contributed by atoms with Gasteiger partial charge >= 0.3 is 12.0 Å². The Hall–Kier alpha value is -0.910. The lowest BCUT2D eigenvalue weighted by molar-refractivity contribution is -0.139. The van der Waals surface area contributed by atoms with Gasteiger partial charge in [0.05, 0.1) is 0 Å². The van der Waals surface area contributed by atoms with Crippen molar-refractivity contribution in [3.8, 4) is 0 Å².